The van der Waals surface area contributed by atoms with Gasteiger partial charge in [-0.3, -0.25) is 0 Å². The van der Waals surface area contributed by atoms with Crippen molar-refractivity contribution in [2.45, 2.75) is 31.7 Å². The third kappa shape index (κ3) is 6.60. The summed E-state index contributed by atoms with van der Waals surface area (Å²) >= 11 is 0. The quantitative estimate of drug-likeness (QED) is 0.390. The van der Waals surface area contributed by atoms with E-state index < -0.39 is 46.9 Å². The summed E-state index contributed by atoms with van der Waals surface area (Å²) in [5.41, 5.74) is 1.41. The van der Waals surface area contributed by atoms with Gasteiger partial charge >= 0.3 is 18.3 Å². The van der Waals surface area contributed by atoms with Crippen LogP contribution in [0.15, 0.2) is 36.4 Å². The molecule has 0 saturated heterocycles. The van der Waals surface area contributed by atoms with Crippen LogP contribution in [0.25, 0.3) is 0 Å². The van der Waals surface area contributed by atoms with Crippen LogP contribution in [0.5, 0.6) is 5.75 Å². The number of alkyl halides is 6. The average molecular weight is 446 g/mol. The lowest BCUT2D eigenvalue weighted by Gasteiger charge is -2.14. The van der Waals surface area contributed by atoms with Crippen LogP contribution >= 0.6 is 12.4 Å². The summed E-state index contributed by atoms with van der Waals surface area (Å²) < 4.78 is 95.8. The second kappa shape index (κ2) is 9.00. The Balaban J connectivity index is 0.00000420. The third-order valence-electron chi connectivity index (χ3n) is 3.59. The number of hydrogen-bond donors (Lipinski definition) is 1. The van der Waals surface area contributed by atoms with E-state index in [1.165, 1.54) is 0 Å². The number of rotatable bonds is 4. The van der Waals surface area contributed by atoms with Crippen LogP contribution in [0, 0.1) is 5.82 Å². The molecule has 2 aromatic rings. The number of halogens is 8. The van der Waals surface area contributed by atoms with Crippen molar-refractivity contribution in [3.8, 4) is 5.75 Å². The second-order valence-electron chi connectivity index (χ2n) is 6.12. The zero-order valence-corrected chi connectivity index (χ0v) is 15.5. The zero-order valence-electron chi connectivity index (χ0n) is 14.7. The number of benzene rings is 2. The maximum atomic E-state index is 13.7. The Hall–Kier alpha value is -2.33. The summed E-state index contributed by atoms with van der Waals surface area (Å²) in [6.07, 6.45) is -10.1. The van der Waals surface area contributed by atoms with Crippen molar-refractivity contribution in [3.05, 3.63) is 64.5 Å². The van der Waals surface area contributed by atoms with Gasteiger partial charge in [-0.25, -0.2) is 9.18 Å². The molecule has 3 nitrogen and oxygen atoms in total. The van der Waals surface area contributed by atoms with Gasteiger partial charge in [-0.1, -0.05) is 0 Å². The van der Waals surface area contributed by atoms with Crippen LogP contribution in [0.1, 0.15) is 34.0 Å². The third-order valence-corrected chi connectivity index (χ3v) is 3.59. The number of hydrogen-bond acceptors (Lipinski definition) is 3. The zero-order chi connectivity index (χ0) is 21.3. The molecular formula is C18H15ClF7NO2. The highest BCUT2D eigenvalue weighted by atomic mass is 35.5. The van der Waals surface area contributed by atoms with Crippen molar-refractivity contribution in [3.63, 3.8) is 0 Å². The van der Waals surface area contributed by atoms with E-state index >= 15 is 0 Å². The molecule has 29 heavy (non-hydrogen) atoms. The highest BCUT2D eigenvalue weighted by Gasteiger charge is 2.37. The van der Waals surface area contributed by atoms with Crippen molar-refractivity contribution < 1.29 is 40.3 Å². The van der Waals surface area contributed by atoms with Crippen molar-refractivity contribution in [2.75, 3.05) is 0 Å². The van der Waals surface area contributed by atoms with Crippen LogP contribution < -0.4 is 10.5 Å². The minimum Gasteiger partial charge on any atom is -0.423 e. The van der Waals surface area contributed by atoms with E-state index in [9.17, 15) is 35.5 Å². The van der Waals surface area contributed by atoms with Gasteiger partial charge in [0.1, 0.15) is 11.6 Å². The predicted molar refractivity (Wildman–Crippen MR) is 92.4 cm³/mol. The molecular weight excluding hydrogens is 431 g/mol. The fraction of sp³-hybridized carbons (Fsp3) is 0.278. The van der Waals surface area contributed by atoms with E-state index in [4.69, 9.17) is 10.5 Å². The standard InChI is InChI=1S/C18H14F7NO2.ClH/c1-9(26)4-10-7-14(2-3-15(10)19)28-16(27)11-5-12(17(20,21)22)8-13(6-11)18(23,24)25;/h2-3,5-9H,4,26H2,1H3;1H. The summed E-state index contributed by atoms with van der Waals surface area (Å²) in [5, 5.41) is 0. The molecule has 0 spiro atoms. The lowest BCUT2D eigenvalue weighted by molar-refractivity contribution is -0.143. The number of ether oxygens (including phenoxy) is 1. The summed E-state index contributed by atoms with van der Waals surface area (Å²) in [7, 11) is 0. The fourth-order valence-electron chi connectivity index (χ4n) is 2.36. The van der Waals surface area contributed by atoms with E-state index in [1.54, 1.807) is 6.92 Å². The van der Waals surface area contributed by atoms with E-state index in [-0.39, 0.29) is 48.3 Å². The van der Waals surface area contributed by atoms with E-state index in [2.05, 4.69) is 0 Å². The largest absolute Gasteiger partial charge is 0.423 e. The fourth-order valence-corrected chi connectivity index (χ4v) is 2.36. The van der Waals surface area contributed by atoms with E-state index in [0.717, 1.165) is 18.2 Å². The van der Waals surface area contributed by atoms with Gasteiger partial charge in [0, 0.05) is 6.04 Å². The van der Waals surface area contributed by atoms with Gasteiger partial charge in [0.25, 0.3) is 0 Å². The lowest BCUT2D eigenvalue weighted by Crippen LogP contribution is -2.19. The first kappa shape index (κ1) is 24.7. The van der Waals surface area contributed by atoms with Crippen molar-refractivity contribution in [1.82, 2.24) is 0 Å². The van der Waals surface area contributed by atoms with Crippen LogP contribution in [0.3, 0.4) is 0 Å². The summed E-state index contributed by atoms with van der Waals surface area (Å²) in [6.45, 7) is 1.60. The minimum atomic E-state index is -5.10. The highest BCUT2D eigenvalue weighted by Crippen LogP contribution is 2.36. The van der Waals surface area contributed by atoms with Gasteiger partial charge < -0.3 is 10.5 Å². The molecule has 0 aromatic heterocycles. The molecule has 2 aromatic carbocycles. The predicted octanol–water partition coefficient (Wildman–Crippen LogP) is 5.39. The Morgan fingerprint density at radius 2 is 1.52 bits per heavy atom. The number of carbonyl (C=O) groups is 1. The van der Waals surface area contributed by atoms with Gasteiger partial charge in [0.2, 0.25) is 0 Å². The molecule has 0 aliphatic carbocycles. The molecule has 0 bridgehead atoms. The van der Waals surface area contributed by atoms with Gasteiger partial charge in [-0.05, 0) is 55.3 Å². The Bertz CT molecular complexity index is 847. The molecule has 0 radical (unpaired) electrons. The number of carbonyl (C=O) groups excluding carboxylic acids is 1. The lowest BCUT2D eigenvalue weighted by atomic mass is 10.0. The second-order valence-corrected chi connectivity index (χ2v) is 6.12. The number of nitrogens with two attached hydrogens (primary N) is 1. The van der Waals surface area contributed by atoms with Crippen LogP contribution in [-0.2, 0) is 18.8 Å². The van der Waals surface area contributed by atoms with Crippen molar-refractivity contribution >= 4 is 18.4 Å². The highest BCUT2D eigenvalue weighted by molar-refractivity contribution is 5.91. The smallest absolute Gasteiger partial charge is 0.416 e. The van der Waals surface area contributed by atoms with Gasteiger partial charge in [-0.2, -0.15) is 26.3 Å². The first-order valence-corrected chi connectivity index (χ1v) is 7.83. The van der Waals surface area contributed by atoms with Gasteiger partial charge in [-0.15, -0.1) is 12.4 Å². The Morgan fingerprint density at radius 3 is 1.97 bits per heavy atom. The van der Waals surface area contributed by atoms with Crippen LogP contribution in [-0.4, -0.2) is 12.0 Å². The molecule has 0 aliphatic rings. The first-order valence-electron chi connectivity index (χ1n) is 7.83. The molecule has 0 amide bonds. The van der Waals surface area contributed by atoms with Crippen molar-refractivity contribution in [2.24, 2.45) is 5.73 Å². The van der Waals surface area contributed by atoms with Crippen molar-refractivity contribution in [1.29, 1.82) is 0 Å². The molecule has 1 atom stereocenters. The van der Waals surface area contributed by atoms with Crippen LogP contribution in [0.2, 0.25) is 0 Å². The maximum Gasteiger partial charge on any atom is 0.416 e. The number of esters is 1. The summed E-state index contributed by atoms with van der Waals surface area (Å²) in [5.74, 6) is -2.33. The molecule has 0 aliphatic heterocycles. The molecule has 0 heterocycles. The topological polar surface area (TPSA) is 52.3 Å². The molecule has 11 heteroatoms. The molecule has 2 N–H and O–H groups in total. The maximum absolute atomic E-state index is 13.7. The molecule has 160 valence electrons. The van der Waals surface area contributed by atoms with E-state index in [1.807, 2.05) is 0 Å². The van der Waals surface area contributed by atoms with Gasteiger partial charge in [0.15, 0.2) is 0 Å². The van der Waals surface area contributed by atoms with Crippen LogP contribution in [0.4, 0.5) is 30.7 Å². The average Bonchev–Trinajstić information content (AvgIpc) is 2.55. The Morgan fingerprint density at radius 1 is 1.00 bits per heavy atom. The molecule has 1 unspecified atom stereocenters. The first-order chi connectivity index (χ1) is 12.8. The molecule has 0 fully saturated rings. The Kier molecular flexibility index (Phi) is 7.67. The monoisotopic (exact) mass is 445 g/mol. The molecule has 2 rings (SSSR count). The summed E-state index contributed by atoms with van der Waals surface area (Å²) in [6, 6.07) is 3.06. The SMILES string of the molecule is CC(N)Cc1cc(OC(=O)c2cc(C(F)(F)F)cc(C(F)(F)F)c2)ccc1F.Cl. The van der Waals surface area contributed by atoms with E-state index in [0.29, 0.717) is 0 Å². The normalized spacial score (nSPS) is 12.9. The summed E-state index contributed by atoms with van der Waals surface area (Å²) in [4.78, 5) is 12.1. The Labute approximate surface area is 167 Å². The minimum absolute atomic E-state index is 0. The molecule has 0 saturated carbocycles. The van der Waals surface area contributed by atoms with Gasteiger partial charge in [0.05, 0.1) is 16.7 Å².